The Labute approximate surface area is 190 Å². The Hall–Kier alpha value is -1.71. The predicted molar refractivity (Wildman–Crippen MR) is 125 cm³/mol. The van der Waals surface area contributed by atoms with Gasteiger partial charge >= 0.3 is 0 Å². The van der Waals surface area contributed by atoms with Gasteiger partial charge in [-0.3, -0.25) is 9.79 Å². The summed E-state index contributed by atoms with van der Waals surface area (Å²) < 4.78 is 11.7. The molecule has 1 heterocycles. The summed E-state index contributed by atoms with van der Waals surface area (Å²) >= 11 is 0. The maximum absolute atomic E-state index is 11.7. The standard InChI is InChI=1S/C21H32N4O3.HI/c1-4-27-18-11-15-10-14(2)28-19(15)12-16(18)13-24-21(22-3)23-9-5-6-20(26)25-17-7-8-17;/h11-12,14,17H,4-10,13H2,1-3H3,(H,25,26)(H2,22,23,24);1H. The van der Waals surface area contributed by atoms with Crippen LogP contribution in [0.1, 0.15) is 50.7 Å². The van der Waals surface area contributed by atoms with Crippen molar-refractivity contribution in [2.24, 2.45) is 4.99 Å². The summed E-state index contributed by atoms with van der Waals surface area (Å²) in [6, 6.07) is 4.58. The maximum atomic E-state index is 11.7. The Morgan fingerprint density at radius 1 is 1.31 bits per heavy atom. The summed E-state index contributed by atoms with van der Waals surface area (Å²) in [6.45, 7) is 5.97. The minimum Gasteiger partial charge on any atom is -0.494 e. The Kier molecular flexibility index (Phi) is 9.32. The lowest BCUT2D eigenvalue weighted by atomic mass is 10.1. The number of nitrogens with zero attached hydrogens (tertiary/aromatic N) is 1. The van der Waals surface area contributed by atoms with E-state index in [1.807, 2.05) is 6.92 Å². The van der Waals surface area contributed by atoms with Gasteiger partial charge in [0.2, 0.25) is 5.91 Å². The van der Waals surface area contributed by atoms with Gasteiger partial charge in [0.05, 0.1) is 6.61 Å². The average Bonchev–Trinajstić information content (AvgIpc) is 3.40. The van der Waals surface area contributed by atoms with Crippen molar-refractivity contribution in [2.45, 2.75) is 64.6 Å². The number of ether oxygens (including phenoxy) is 2. The number of halogens is 1. The molecule has 3 N–H and O–H groups in total. The van der Waals surface area contributed by atoms with Gasteiger partial charge in [-0.25, -0.2) is 0 Å². The molecule has 1 aliphatic carbocycles. The number of carbonyl (C=O) groups is 1. The Morgan fingerprint density at radius 3 is 2.79 bits per heavy atom. The zero-order valence-electron chi connectivity index (χ0n) is 17.5. The number of carbonyl (C=O) groups excluding carboxylic acids is 1. The first-order chi connectivity index (χ1) is 13.6. The van der Waals surface area contributed by atoms with Gasteiger partial charge in [-0.1, -0.05) is 0 Å². The second-order valence-corrected chi connectivity index (χ2v) is 7.43. The molecule has 0 bridgehead atoms. The van der Waals surface area contributed by atoms with E-state index >= 15 is 0 Å². The van der Waals surface area contributed by atoms with Crippen molar-refractivity contribution < 1.29 is 14.3 Å². The quantitative estimate of drug-likeness (QED) is 0.204. The lowest BCUT2D eigenvalue weighted by molar-refractivity contribution is -0.121. The summed E-state index contributed by atoms with van der Waals surface area (Å²) in [5.41, 5.74) is 2.24. The Balaban J connectivity index is 0.00000300. The van der Waals surface area contributed by atoms with Gasteiger partial charge in [-0.15, -0.1) is 24.0 Å². The van der Waals surface area contributed by atoms with Crippen LogP contribution < -0.4 is 25.4 Å². The molecule has 1 aromatic rings. The van der Waals surface area contributed by atoms with Gasteiger partial charge in [0.15, 0.2) is 5.96 Å². The Bertz CT molecular complexity index is 722. The fourth-order valence-corrected chi connectivity index (χ4v) is 3.29. The molecule has 1 amide bonds. The SMILES string of the molecule is CCOc1cc2c(cc1CNC(=NC)NCCCC(=O)NC1CC1)OC(C)C2.I. The van der Waals surface area contributed by atoms with Crippen LogP contribution in [0.3, 0.4) is 0 Å². The first-order valence-corrected chi connectivity index (χ1v) is 10.3. The predicted octanol–water partition coefficient (Wildman–Crippen LogP) is 2.75. The molecule has 1 aliphatic heterocycles. The molecule has 8 heteroatoms. The van der Waals surface area contributed by atoms with E-state index in [4.69, 9.17) is 9.47 Å². The van der Waals surface area contributed by atoms with Crippen LogP contribution in [0.2, 0.25) is 0 Å². The van der Waals surface area contributed by atoms with E-state index in [2.05, 4.69) is 40.0 Å². The fraction of sp³-hybridized carbons (Fsp3) is 0.619. The molecule has 2 aliphatic rings. The van der Waals surface area contributed by atoms with Crippen molar-refractivity contribution in [1.82, 2.24) is 16.0 Å². The first kappa shape index (κ1) is 23.6. The third kappa shape index (κ3) is 7.24. The third-order valence-electron chi connectivity index (χ3n) is 4.86. The van der Waals surface area contributed by atoms with E-state index in [1.54, 1.807) is 7.05 Å². The van der Waals surface area contributed by atoms with Gasteiger partial charge < -0.3 is 25.4 Å². The van der Waals surface area contributed by atoms with Crippen LogP contribution in [-0.2, 0) is 17.8 Å². The van der Waals surface area contributed by atoms with Crippen LogP contribution in [0.5, 0.6) is 11.5 Å². The second-order valence-electron chi connectivity index (χ2n) is 7.43. The molecule has 0 radical (unpaired) electrons. The molecular formula is C21H33IN4O3. The molecule has 1 saturated carbocycles. The molecule has 3 rings (SSSR count). The molecule has 7 nitrogen and oxygen atoms in total. The molecule has 162 valence electrons. The normalized spacial score (nSPS) is 17.6. The lowest BCUT2D eigenvalue weighted by Gasteiger charge is -2.15. The summed E-state index contributed by atoms with van der Waals surface area (Å²) in [6.07, 6.45) is 4.68. The van der Waals surface area contributed by atoms with Gasteiger partial charge in [0, 0.05) is 50.1 Å². The van der Waals surface area contributed by atoms with Crippen LogP contribution in [-0.4, -0.2) is 44.2 Å². The molecule has 0 spiro atoms. The maximum Gasteiger partial charge on any atom is 0.220 e. The lowest BCUT2D eigenvalue weighted by Crippen LogP contribution is -2.37. The zero-order chi connectivity index (χ0) is 19.9. The van der Waals surface area contributed by atoms with E-state index in [0.717, 1.165) is 42.7 Å². The number of fused-ring (bicyclic) bond motifs is 1. The third-order valence-corrected chi connectivity index (χ3v) is 4.86. The smallest absolute Gasteiger partial charge is 0.220 e. The van der Waals surface area contributed by atoms with E-state index in [-0.39, 0.29) is 36.0 Å². The van der Waals surface area contributed by atoms with Crippen LogP contribution in [0.4, 0.5) is 0 Å². The summed E-state index contributed by atoms with van der Waals surface area (Å²) in [5, 5.41) is 9.59. The van der Waals surface area contributed by atoms with Crippen molar-refractivity contribution in [3.8, 4) is 11.5 Å². The van der Waals surface area contributed by atoms with Crippen LogP contribution in [0.25, 0.3) is 0 Å². The van der Waals surface area contributed by atoms with Crippen LogP contribution in [0, 0.1) is 0 Å². The monoisotopic (exact) mass is 516 g/mol. The van der Waals surface area contributed by atoms with Crippen LogP contribution in [0.15, 0.2) is 17.1 Å². The van der Waals surface area contributed by atoms with Gasteiger partial charge in [0.25, 0.3) is 0 Å². The fourth-order valence-electron chi connectivity index (χ4n) is 3.29. The van der Waals surface area contributed by atoms with Gasteiger partial charge in [-0.05, 0) is 45.2 Å². The topological polar surface area (TPSA) is 84.0 Å². The summed E-state index contributed by atoms with van der Waals surface area (Å²) in [5.74, 6) is 2.68. The van der Waals surface area contributed by atoms with E-state index in [9.17, 15) is 4.79 Å². The molecule has 0 saturated heterocycles. The molecule has 29 heavy (non-hydrogen) atoms. The van der Waals surface area contributed by atoms with Crippen molar-refractivity contribution in [3.63, 3.8) is 0 Å². The molecule has 1 aromatic carbocycles. The highest BCUT2D eigenvalue weighted by Gasteiger charge is 2.23. The first-order valence-electron chi connectivity index (χ1n) is 10.3. The number of amides is 1. The van der Waals surface area contributed by atoms with E-state index in [0.29, 0.717) is 38.1 Å². The Morgan fingerprint density at radius 2 is 2.10 bits per heavy atom. The molecule has 0 aromatic heterocycles. The number of aliphatic imine (C=N–C) groups is 1. The van der Waals surface area contributed by atoms with E-state index in [1.165, 1.54) is 5.56 Å². The van der Waals surface area contributed by atoms with E-state index < -0.39 is 0 Å². The molecule has 1 unspecified atom stereocenters. The summed E-state index contributed by atoms with van der Waals surface area (Å²) in [4.78, 5) is 16.0. The largest absolute Gasteiger partial charge is 0.494 e. The highest BCUT2D eigenvalue weighted by atomic mass is 127. The highest BCUT2D eigenvalue weighted by molar-refractivity contribution is 14.0. The molecule has 1 atom stereocenters. The van der Waals surface area contributed by atoms with Crippen molar-refractivity contribution in [2.75, 3.05) is 20.2 Å². The van der Waals surface area contributed by atoms with Crippen LogP contribution >= 0.6 is 24.0 Å². The number of hydrogen-bond acceptors (Lipinski definition) is 4. The minimum absolute atomic E-state index is 0. The zero-order valence-corrected chi connectivity index (χ0v) is 19.9. The number of nitrogens with one attached hydrogen (secondary N) is 3. The number of hydrogen-bond donors (Lipinski definition) is 3. The summed E-state index contributed by atoms with van der Waals surface area (Å²) in [7, 11) is 1.74. The van der Waals surface area contributed by atoms with Crippen molar-refractivity contribution in [3.05, 3.63) is 23.3 Å². The molecule has 1 fully saturated rings. The average molecular weight is 516 g/mol. The van der Waals surface area contributed by atoms with Gasteiger partial charge in [-0.2, -0.15) is 0 Å². The minimum atomic E-state index is 0. The van der Waals surface area contributed by atoms with Crippen molar-refractivity contribution >= 4 is 35.8 Å². The number of rotatable bonds is 9. The highest BCUT2D eigenvalue weighted by Crippen LogP contribution is 2.35. The van der Waals surface area contributed by atoms with Gasteiger partial charge in [0.1, 0.15) is 17.6 Å². The van der Waals surface area contributed by atoms with Crippen molar-refractivity contribution in [1.29, 1.82) is 0 Å². The number of guanidine groups is 1. The molecular weight excluding hydrogens is 483 g/mol. The number of benzene rings is 1. The second kappa shape index (κ2) is 11.5.